The highest BCUT2D eigenvalue weighted by Crippen LogP contribution is 2.65. The molecule has 12 rings (SSSR count). The molecule has 4 bridgehead atoms. The number of aromatic hydroxyl groups is 1. The van der Waals surface area contributed by atoms with Crippen LogP contribution in [0.3, 0.4) is 0 Å². The van der Waals surface area contributed by atoms with Gasteiger partial charge in [-0.05, 0) is 44.5 Å². The van der Waals surface area contributed by atoms with Gasteiger partial charge in [0.05, 0.1) is 37.1 Å². The number of carbonyl (C=O) groups excluding carboxylic acids is 2. The molecule has 15 heteroatoms. The zero-order valence-corrected chi connectivity index (χ0v) is 33.0. The lowest BCUT2D eigenvalue weighted by atomic mass is 9.76. The monoisotopic (exact) mass is 794 g/mol. The normalized spacial score (nSPS) is 30.8. The standard InChI is InChI=1S/C42H42N4O10S/c1-19-10-22-12-41(15-43)16-45(4)31(28(22)33(49)34(19)51-5)32-38-30-29(37-36(53-18-54-37)20(2)35(30)55-21(3)48)26(46(32)41)14-52-40(50)42(17-57-38)39-25(11-23(13-47)44-42)24-8-6-7-9-27(24)56-39/h6-10,23,26,31-32,38,44,47,49H,11-14,16-18H2,1-5H3/t23-,26+,31?,32-,38-,41?,42-/m1/s1. The number of para-hydroxylation sites is 1. The first-order valence-electron chi connectivity index (χ1n) is 19.1. The number of phenols is 1. The molecule has 0 amide bonds. The van der Waals surface area contributed by atoms with Gasteiger partial charge in [0.2, 0.25) is 6.79 Å². The topological polar surface area (TPSA) is 176 Å². The highest BCUT2D eigenvalue weighted by atomic mass is 32.2. The quantitative estimate of drug-likeness (QED) is 0.197. The minimum absolute atomic E-state index is 0.00904. The number of rotatable bonds is 3. The van der Waals surface area contributed by atoms with E-state index < -0.39 is 52.4 Å². The summed E-state index contributed by atoms with van der Waals surface area (Å²) >= 11 is 1.45. The molecule has 0 aliphatic carbocycles. The number of carbonyl (C=O) groups is 2. The summed E-state index contributed by atoms with van der Waals surface area (Å²) in [6.45, 7) is 4.84. The van der Waals surface area contributed by atoms with Crippen molar-refractivity contribution in [3.8, 4) is 34.8 Å². The van der Waals surface area contributed by atoms with E-state index in [0.29, 0.717) is 69.6 Å². The zero-order chi connectivity index (χ0) is 39.7. The molecule has 4 aromatic rings. The second kappa shape index (κ2) is 12.8. The molecule has 2 saturated heterocycles. The minimum Gasteiger partial charge on any atom is -0.504 e. The van der Waals surface area contributed by atoms with Crippen LogP contribution in [0, 0.1) is 25.2 Å². The first-order valence-corrected chi connectivity index (χ1v) is 20.1. The predicted octanol–water partition coefficient (Wildman–Crippen LogP) is 4.38. The number of aryl methyl sites for hydroxylation is 1. The van der Waals surface area contributed by atoms with Gasteiger partial charge in [-0.1, -0.05) is 24.3 Å². The van der Waals surface area contributed by atoms with Crippen LogP contribution in [0.2, 0.25) is 0 Å². The smallest absolute Gasteiger partial charge is 0.335 e. The molecule has 9 heterocycles. The van der Waals surface area contributed by atoms with E-state index in [1.165, 1.54) is 25.8 Å². The number of hydrogen-bond donors (Lipinski definition) is 3. The van der Waals surface area contributed by atoms with Gasteiger partial charge in [0.15, 0.2) is 28.5 Å². The van der Waals surface area contributed by atoms with Gasteiger partial charge < -0.3 is 38.3 Å². The summed E-state index contributed by atoms with van der Waals surface area (Å²) < 4.78 is 37.3. The van der Waals surface area contributed by atoms with Crippen LogP contribution >= 0.6 is 11.8 Å². The van der Waals surface area contributed by atoms with Gasteiger partial charge in [-0.15, -0.1) is 11.8 Å². The van der Waals surface area contributed by atoms with Crippen LogP contribution in [0.5, 0.6) is 28.7 Å². The van der Waals surface area contributed by atoms with Gasteiger partial charge in [0, 0.05) is 70.9 Å². The number of likely N-dealkylation sites (N-methyl/N-ethyl adjacent to an activating group) is 1. The highest BCUT2D eigenvalue weighted by Gasteiger charge is 2.64. The van der Waals surface area contributed by atoms with Crippen molar-refractivity contribution in [1.82, 2.24) is 15.1 Å². The Balaban J connectivity index is 1.27. The molecule has 8 aliphatic heterocycles. The maximum atomic E-state index is 15.0. The summed E-state index contributed by atoms with van der Waals surface area (Å²) in [5.41, 5.74) is 2.81. The molecule has 3 unspecified atom stereocenters. The van der Waals surface area contributed by atoms with Gasteiger partial charge in [0.25, 0.3) is 0 Å². The fourth-order valence-electron chi connectivity index (χ4n) is 10.8. The fraction of sp³-hybridized carbons (Fsp3) is 0.452. The molecule has 3 aromatic carbocycles. The summed E-state index contributed by atoms with van der Waals surface area (Å²) in [6, 6.07) is 9.96. The van der Waals surface area contributed by atoms with Crippen molar-refractivity contribution in [3.63, 3.8) is 0 Å². The SMILES string of the molecule is COc1c(C)cc2c(c1O)C1[C@@H]3[C@@H]4SC[C@]5(N[C@@H](CO)Cc6c5oc5ccccc65)C(=O)OC[C@@H](c5c6c(c(C)c(OC(C)=O)c54)OCO6)N3C(C#N)(C2)CN1C. The third-order valence-electron chi connectivity index (χ3n) is 12.9. The maximum absolute atomic E-state index is 15.0. The highest BCUT2D eigenvalue weighted by molar-refractivity contribution is 7.99. The largest absolute Gasteiger partial charge is 0.504 e. The molecule has 3 N–H and O–H groups in total. The predicted molar refractivity (Wildman–Crippen MR) is 206 cm³/mol. The fourth-order valence-corrected chi connectivity index (χ4v) is 12.5. The van der Waals surface area contributed by atoms with Crippen molar-refractivity contribution < 1.29 is 47.9 Å². The molecule has 2 fully saturated rings. The molecule has 0 radical (unpaired) electrons. The number of esters is 2. The molecule has 8 aliphatic rings. The Morgan fingerprint density at radius 2 is 1.93 bits per heavy atom. The maximum Gasteiger partial charge on any atom is 0.335 e. The number of benzene rings is 3. The van der Waals surface area contributed by atoms with Crippen LogP contribution in [0.25, 0.3) is 11.0 Å². The van der Waals surface area contributed by atoms with E-state index in [2.05, 4.69) is 21.2 Å². The number of nitrogens with zero attached hydrogens (tertiary/aromatic N) is 3. The van der Waals surface area contributed by atoms with Crippen LogP contribution in [-0.4, -0.2) is 96.0 Å². The van der Waals surface area contributed by atoms with Crippen LogP contribution < -0.4 is 24.3 Å². The van der Waals surface area contributed by atoms with Gasteiger partial charge >= 0.3 is 11.9 Å². The number of ether oxygens (including phenoxy) is 5. The van der Waals surface area contributed by atoms with Gasteiger partial charge in [0.1, 0.15) is 29.2 Å². The Morgan fingerprint density at radius 3 is 2.68 bits per heavy atom. The second-order valence-corrected chi connectivity index (χ2v) is 17.2. The summed E-state index contributed by atoms with van der Waals surface area (Å²) in [5.74, 6) is 0.945. The van der Waals surface area contributed by atoms with E-state index in [4.69, 9.17) is 28.1 Å². The molecule has 1 aromatic heterocycles. The van der Waals surface area contributed by atoms with Gasteiger partial charge in [-0.25, -0.2) is 4.79 Å². The summed E-state index contributed by atoms with van der Waals surface area (Å²) in [4.78, 5) is 32.3. The molecular weight excluding hydrogens is 753 g/mol. The van der Waals surface area contributed by atoms with Crippen molar-refractivity contribution in [1.29, 1.82) is 5.26 Å². The van der Waals surface area contributed by atoms with Crippen LogP contribution in [0.15, 0.2) is 34.7 Å². The van der Waals surface area contributed by atoms with Crippen molar-refractivity contribution in [2.75, 3.05) is 46.5 Å². The van der Waals surface area contributed by atoms with Crippen LogP contribution in [0.1, 0.15) is 69.0 Å². The van der Waals surface area contributed by atoms with Crippen molar-refractivity contribution >= 4 is 34.7 Å². The lowest BCUT2D eigenvalue weighted by Crippen LogP contribution is -2.69. The molecule has 57 heavy (non-hydrogen) atoms. The Kier molecular flexibility index (Phi) is 8.14. The van der Waals surface area contributed by atoms with Crippen molar-refractivity contribution in [2.45, 2.75) is 74.1 Å². The average molecular weight is 795 g/mol. The summed E-state index contributed by atoms with van der Waals surface area (Å²) in [6.07, 6.45) is 0.696. The molecule has 0 saturated carbocycles. The number of nitriles is 1. The zero-order valence-electron chi connectivity index (χ0n) is 32.1. The van der Waals surface area contributed by atoms with E-state index in [1.807, 2.05) is 51.2 Å². The van der Waals surface area contributed by atoms with E-state index in [-0.39, 0.29) is 37.9 Å². The molecule has 8 atom stereocenters. The minimum atomic E-state index is -1.54. The van der Waals surface area contributed by atoms with Crippen LogP contribution in [-0.2, 0) is 32.7 Å². The number of phenolic OH excluding ortho intramolecular Hbond substituents is 1. The number of methoxy groups -OCH3 is 1. The number of thioether (sulfide) groups is 1. The first-order chi connectivity index (χ1) is 27.5. The molecule has 1 spiro atoms. The number of fused-ring (bicyclic) bond motifs is 8. The number of piperazine rings is 1. The number of aliphatic hydroxyl groups is 1. The third-order valence-corrected chi connectivity index (χ3v) is 14.3. The number of nitrogens with one attached hydrogen (secondary N) is 1. The van der Waals surface area contributed by atoms with E-state index in [9.17, 15) is 20.3 Å². The number of aliphatic hydroxyl groups excluding tert-OH is 1. The number of hydrogen-bond acceptors (Lipinski definition) is 15. The molecule has 296 valence electrons. The number of furan rings is 1. The van der Waals surface area contributed by atoms with Gasteiger partial charge in [-0.2, -0.15) is 5.26 Å². The summed E-state index contributed by atoms with van der Waals surface area (Å²) in [7, 11) is 3.49. The van der Waals surface area contributed by atoms with E-state index in [0.717, 1.165) is 22.1 Å². The van der Waals surface area contributed by atoms with Gasteiger partial charge in [-0.3, -0.25) is 19.9 Å². The van der Waals surface area contributed by atoms with Crippen molar-refractivity contribution in [2.24, 2.45) is 0 Å². The molecule has 14 nitrogen and oxygen atoms in total. The van der Waals surface area contributed by atoms with Crippen LogP contribution in [0.4, 0.5) is 0 Å². The lowest BCUT2D eigenvalue weighted by Gasteiger charge is -2.60. The Bertz CT molecular complexity index is 2460. The Labute approximate surface area is 332 Å². The Morgan fingerprint density at radius 1 is 1.14 bits per heavy atom. The molecular formula is C42H42N4O10S. The average Bonchev–Trinajstić information content (AvgIpc) is 3.78. The third kappa shape index (κ3) is 4.85. The Hall–Kier alpha value is -4.98. The van der Waals surface area contributed by atoms with E-state index in [1.54, 1.807) is 0 Å². The first kappa shape index (κ1) is 36.4. The summed E-state index contributed by atoms with van der Waals surface area (Å²) in [5, 5.41) is 38.0. The second-order valence-electron chi connectivity index (χ2n) is 16.1. The lowest BCUT2D eigenvalue weighted by molar-refractivity contribution is -0.159. The van der Waals surface area contributed by atoms with E-state index >= 15 is 4.79 Å². The van der Waals surface area contributed by atoms with Crippen molar-refractivity contribution in [3.05, 3.63) is 75.0 Å².